The third kappa shape index (κ3) is 9.55. The summed E-state index contributed by atoms with van der Waals surface area (Å²) >= 11 is 1.41. The molecule has 5 amide bonds. The van der Waals surface area contributed by atoms with Gasteiger partial charge in [0.1, 0.15) is 18.1 Å². The third-order valence-corrected chi connectivity index (χ3v) is 14.4. The molecule has 18 heteroatoms. The molecule has 0 spiro atoms. The van der Waals surface area contributed by atoms with E-state index in [2.05, 4.69) is 59.7 Å². The molecule has 3 fully saturated rings. The number of nitrogens with one attached hydrogen (secondary N) is 3. The van der Waals surface area contributed by atoms with E-state index in [1.807, 2.05) is 50.1 Å². The zero-order valence-electron chi connectivity index (χ0n) is 39.6. The van der Waals surface area contributed by atoms with Crippen molar-refractivity contribution in [2.45, 2.75) is 104 Å². The molecule has 7 heterocycles. The fourth-order valence-electron chi connectivity index (χ4n) is 9.78. The van der Waals surface area contributed by atoms with E-state index in [1.165, 1.54) is 21.2 Å². The zero-order chi connectivity index (χ0) is 47.2. The van der Waals surface area contributed by atoms with Gasteiger partial charge in [0.05, 0.1) is 40.8 Å². The largest absolute Gasteiger partial charge is 0.464 e. The van der Waals surface area contributed by atoms with E-state index in [4.69, 9.17) is 19.4 Å². The van der Waals surface area contributed by atoms with Crippen LogP contribution in [0.1, 0.15) is 76.8 Å². The first-order valence-corrected chi connectivity index (χ1v) is 24.0. The molecule has 1 aromatic carbocycles. The van der Waals surface area contributed by atoms with E-state index in [1.54, 1.807) is 25.3 Å². The van der Waals surface area contributed by atoms with Crippen molar-refractivity contribution >= 4 is 52.0 Å². The number of aromatic nitrogens is 3. The van der Waals surface area contributed by atoms with Crippen LogP contribution < -0.4 is 16.1 Å². The first kappa shape index (κ1) is 47.1. The Morgan fingerprint density at radius 1 is 1.11 bits per heavy atom. The summed E-state index contributed by atoms with van der Waals surface area (Å²) in [7, 11) is 5.34. The van der Waals surface area contributed by atoms with Gasteiger partial charge >= 0.3 is 12.0 Å². The quantitative estimate of drug-likeness (QED) is 0.169. The molecule has 66 heavy (non-hydrogen) atoms. The van der Waals surface area contributed by atoms with Gasteiger partial charge in [-0.2, -0.15) is 0 Å². The van der Waals surface area contributed by atoms with E-state index >= 15 is 0 Å². The Balaban J connectivity index is 1.12. The van der Waals surface area contributed by atoms with Crippen LogP contribution in [0.3, 0.4) is 0 Å². The van der Waals surface area contributed by atoms with Gasteiger partial charge in [-0.3, -0.25) is 29.2 Å². The van der Waals surface area contributed by atoms with Crippen molar-refractivity contribution in [1.29, 1.82) is 0 Å². The number of esters is 1. The van der Waals surface area contributed by atoms with Crippen molar-refractivity contribution < 1.29 is 33.4 Å². The van der Waals surface area contributed by atoms with Crippen LogP contribution in [0.2, 0.25) is 0 Å². The number of aryl methyl sites for hydroxylation is 1. The van der Waals surface area contributed by atoms with E-state index < -0.39 is 41.3 Å². The highest BCUT2D eigenvalue weighted by Gasteiger charge is 2.41. The number of hydrogen-bond acceptors (Lipinski definition) is 12. The topological polar surface area (TPSA) is 193 Å². The van der Waals surface area contributed by atoms with Gasteiger partial charge in [0.2, 0.25) is 11.8 Å². The first-order chi connectivity index (χ1) is 31.5. The molecule has 3 aromatic heterocycles. The van der Waals surface area contributed by atoms with Crippen LogP contribution in [0.15, 0.2) is 41.9 Å². The first-order valence-electron chi connectivity index (χ1n) is 23.1. The molecule has 354 valence electrons. The summed E-state index contributed by atoms with van der Waals surface area (Å²) in [5.41, 5.74) is 9.15. The van der Waals surface area contributed by atoms with Gasteiger partial charge in [-0.25, -0.2) is 15.2 Å². The fourth-order valence-corrected chi connectivity index (χ4v) is 10.6. The molecular weight excluding hydrogens is 861 g/mol. The lowest BCUT2D eigenvalue weighted by Crippen LogP contribution is -2.63. The SMILES string of the molecule is CO[C@@H](C)c1ncccc1-c1c2c3cc(ccc3n1C)-c1csc(n1)C[C@H](NC(=O)[C@H](C(C)C)N(C)C(=O)N1CCN(C(=O)[C@@H]3CN3)[C@H](C)C1)C(=O)N1CCC[C@H](N1)C(=O)OCC(C)(C)C2. The Hall–Kier alpha value is -5.43. The maximum Gasteiger partial charge on any atom is 0.324 e. The summed E-state index contributed by atoms with van der Waals surface area (Å²) < 4.78 is 14.1. The smallest absolute Gasteiger partial charge is 0.324 e. The maximum absolute atomic E-state index is 14.6. The molecule has 6 bridgehead atoms. The van der Waals surface area contributed by atoms with Crippen molar-refractivity contribution in [2.24, 2.45) is 18.4 Å². The van der Waals surface area contributed by atoms with E-state index in [0.29, 0.717) is 57.0 Å². The van der Waals surface area contributed by atoms with Gasteiger partial charge in [-0.1, -0.05) is 33.8 Å². The predicted octanol–water partition coefficient (Wildman–Crippen LogP) is 4.30. The summed E-state index contributed by atoms with van der Waals surface area (Å²) in [4.78, 5) is 84.7. The van der Waals surface area contributed by atoms with Crippen molar-refractivity contribution in [3.63, 3.8) is 0 Å². The Morgan fingerprint density at radius 3 is 2.59 bits per heavy atom. The summed E-state index contributed by atoms with van der Waals surface area (Å²) in [6.07, 6.45) is 3.18. The highest BCUT2D eigenvalue weighted by atomic mass is 32.1. The average Bonchev–Trinajstić information content (AvgIpc) is 4.00. The van der Waals surface area contributed by atoms with Crippen LogP contribution in [0.25, 0.3) is 33.4 Å². The second kappa shape index (κ2) is 19.1. The number of hydrazine groups is 1. The molecule has 4 aliphatic rings. The highest BCUT2D eigenvalue weighted by molar-refractivity contribution is 7.10. The normalized spacial score (nSPS) is 23.3. The van der Waals surface area contributed by atoms with Crippen LogP contribution in [-0.4, -0.2) is 148 Å². The summed E-state index contributed by atoms with van der Waals surface area (Å²) in [5.74, 6) is -1.63. The second-order valence-corrected chi connectivity index (χ2v) is 20.4. The monoisotopic (exact) mass is 924 g/mol. The standard InChI is InChI=1S/C48H64N10O7S/c1-27(2)41(55(8)47(63)56-18-19-57(28(3)24-56)44(60)36-23-50-36)43(59)52-35-21-39-51-37(25-66-39)30-14-15-38-32(20-30)33(42(54(38)7)31-12-10-16-49-40(31)29(4)64-9)22-48(5,6)26-65-46(62)34-13-11-17-58(53-34)45(35)61/h10,12,14-16,20,25,27-29,34-36,41,50,53H,11,13,17-19,21-24,26H2,1-9H3,(H,52,59)/t28-,29+,34+,35+,36+,41+/m1/s1. The molecule has 4 aromatic rings. The van der Waals surface area contributed by atoms with Gasteiger partial charge in [-0.15, -0.1) is 11.3 Å². The number of nitrogens with zero attached hydrogens (tertiary/aromatic N) is 7. The number of ether oxygens (including phenoxy) is 2. The number of likely N-dealkylation sites (N-methyl/N-ethyl adjacent to an activating group) is 1. The molecule has 0 saturated carbocycles. The Kier molecular flexibility index (Phi) is 13.6. The minimum atomic E-state index is -1.08. The number of carbonyl (C=O) groups is 5. The summed E-state index contributed by atoms with van der Waals surface area (Å²) in [5, 5.41) is 11.2. The highest BCUT2D eigenvalue weighted by Crippen LogP contribution is 2.41. The number of methoxy groups -OCH3 is 1. The van der Waals surface area contributed by atoms with Crippen LogP contribution in [0.4, 0.5) is 4.79 Å². The molecule has 0 radical (unpaired) electrons. The molecule has 0 aliphatic carbocycles. The van der Waals surface area contributed by atoms with Crippen LogP contribution in [-0.2, 0) is 48.5 Å². The van der Waals surface area contributed by atoms with Crippen LogP contribution in [0, 0.1) is 11.3 Å². The number of pyridine rings is 1. The van der Waals surface area contributed by atoms with Crippen molar-refractivity contribution in [1.82, 2.24) is 50.3 Å². The van der Waals surface area contributed by atoms with Gasteiger partial charge in [0, 0.05) is 105 Å². The lowest BCUT2D eigenvalue weighted by molar-refractivity contribution is -0.155. The molecule has 8 rings (SSSR count). The maximum atomic E-state index is 14.6. The second-order valence-electron chi connectivity index (χ2n) is 19.5. The number of cyclic esters (lactones) is 1. The zero-order valence-corrected chi connectivity index (χ0v) is 40.4. The number of amides is 5. The van der Waals surface area contributed by atoms with E-state index in [-0.39, 0.29) is 49.1 Å². The number of fused-ring (bicyclic) bond motifs is 6. The third-order valence-electron chi connectivity index (χ3n) is 13.5. The van der Waals surface area contributed by atoms with E-state index in [9.17, 15) is 24.0 Å². The Labute approximate surface area is 390 Å². The number of rotatable bonds is 8. The average molecular weight is 925 g/mol. The Bertz CT molecular complexity index is 2500. The molecule has 4 aliphatic heterocycles. The van der Waals surface area contributed by atoms with Gasteiger partial charge in [0.15, 0.2) is 0 Å². The molecule has 6 atom stereocenters. The van der Waals surface area contributed by atoms with Crippen LogP contribution >= 0.6 is 11.3 Å². The van der Waals surface area contributed by atoms with Crippen LogP contribution in [0.5, 0.6) is 0 Å². The summed E-state index contributed by atoms with van der Waals surface area (Å²) in [6, 6.07) is 6.86. The number of thiazole rings is 1. The Morgan fingerprint density at radius 2 is 1.88 bits per heavy atom. The van der Waals surface area contributed by atoms with Gasteiger partial charge in [-0.05, 0) is 68.9 Å². The molecule has 3 saturated heterocycles. The number of carbonyl (C=O) groups excluding carboxylic acids is 5. The number of benzene rings is 1. The van der Waals surface area contributed by atoms with Crippen molar-refractivity contribution in [3.8, 4) is 22.5 Å². The molecule has 3 N–H and O–H groups in total. The number of urea groups is 1. The number of piperazine rings is 1. The summed E-state index contributed by atoms with van der Waals surface area (Å²) in [6.45, 7) is 14.0. The lowest BCUT2D eigenvalue weighted by Gasteiger charge is -2.42. The minimum absolute atomic E-state index is 0.0449. The molecule has 0 unspecified atom stereocenters. The minimum Gasteiger partial charge on any atom is -0.464 e. The van der Waals surface area contributed by atoms with Crippen molar-refractivity contribution in [2.75, 3.05) is 53.5 Å². The number of hydrogen-bond donors (Lipinski definition) is 3. The van der Waals surface area contributed by atoms with E-state index in [0.717, 1.165) is 44.7 Å². The van der Waals surface area contributed by atoms with Gasteiger partial charge < -0.3 is 39.4 Å². The molecule has 17 nitrogen and oxygen atoms in total. The fraction of sp³-hybridized carbons (Fsp3) is 0.562. The lowest BCUT2D eigenvalue weighted by atomic mass is 9.84. The van der Waals surface area contributed by atoms with Crippen molar-refractivity contribution in [3.05, 3.63) is 58.2 Å². The predicted molar refractivity (Wildman–Crippen MR) is 251 cm³/mol. The van der Waals surface area contributed by atoms with Gasteiger partial charge in [0.25, 0.3) is 5.91 Å². The molecular formula is C48H64N10O7S.